The maximum Gasteiger partial charge on any atom is 0.303 e. The molecule has 1 aromatic carbocycles. The van der Waals surface area contributed by atoms with Gasteiger partial charge in [-0.15, -0.1) is 0 Å². The minimum absolute atomic E-state index is 0.000163. The minimum atomic E-state index is -0.599. The van der Waals surface area contributed by atoms with Crippen molar-refractivity contribution in [2.75, 3.05) is 6.61 Å². The zero-order valence-corrected chi connectivity index (χ0v) is 13.9. The molecule has 1 heterocycles. The largest absolute Gasteiger partial charge is 0.463 e. The summed E-state index contributed by atoms with van der Waals surface area (Å²) in [6.07, 6.45) is 1.81. The van der Waals surface area contributed by atoms with Gasteiger partial charge in [-0.05, 0) is 30.7 Å². The maximum absolute atomic E-state index is 11.2. The molecule has 0 radical (unpaired) electrons. The van der Waals surface area contributed by atoms with Gasteiger partial charge >= 0.3 is 11.9 Å². The van der Waals surface area contributed by atoms with Crippen LogP contribution in [0.1, 0.15) is 25.0 Å². The van der Waals surface area contributed by atoms with Crippen LogP contribution in [0.5, 0.6) is 0 Å². The Morgan fingerprint density at radius 2 is 1.92 bits per heavy atom. The maximum atomic E-state index is 11.2. The van der Waals surface area contributed by atoms with E-state index in [2.05, 4.69) is 11.8 Å². The van der Waals surface area contributed by atoms with Crippen LogP contribution < -0.4 is 0 Å². The van der Waals surface area contributed by atoms with Crippen LogP contribution in [0.25, 0.3) is 0 Å². The lowest BCUT2D eigenvalue weighted by Gasteiger charge is -2.29. The topological polar surface area (TPSA) is 61.8 Å². The van der Waals surface area contributed by atoms with Crippen LogP contribution in [-0.2, 0) is 23.8 Å². The molecule has 1 aliphatic rings. The van der Waals surface area contributed by atoms with E-state index in [-0.39, 0.29) is 6.61 Å². The molecule has 0 N–H and O–H groups in total. The Labute approximate surface area is 141 Å². The Morgan fingerprint density at radius 1 is 1.17 bits per heavy atom. The van der Waals surface area contributed by atoms with Gasteiger partial charge in [0.25, 0.3) is 0 Å². The summed E-state index contributed by atoms with van der Waals surface area (Å²) in [6, 6.07) is 7.81. The molecule has 0 unspecified atom stereocenters. The van der Waals surface area contributed by atoms with E-state index < -0.39 is 30.3 Å². The van der Waals surface area contributed by atoms with E-state index in [1.54, 1.807) is 12.2 Å². The van der Waals surface area contributed by atoms with Crippen molar-refractivity contribution in [2.24, 2.45) is 0 Å². The fraction of sp³-hybridized carbons (Fsp3) is 0.368. The molecule has 5 nitrogen and oxygen atoms in total. The Morgan fingerprint density at radius 3 is 2.58 bits per heavy atom. The van der Waals surface area contributed by atoms with E-state index in [0.29, 0.717) is 0 Å². The molecule has 3 atom stereocenters. The number of esters is 2. The number of carbonyl (C=O) groups excluding carboxylic acids is 2. The normalized spacial score (nSPS) is 22.2. The highest BCUT2D eigenvalue weighted by Crippen LogP contribution is 2.17. The highest BCUT2D eigenvalue weighted by atomic mass is 16.6. The van der Waals surface area contributed by atoms with Crippen LogP contribution >= 0.6 is 0 Å². The Balaban J connectivity index is 2.11. The van der Waals surface area contributed by atoms with Crippen LogP contribution in [0.15, 0.2) is 36.4 Å². The van der Waals surface area contributed by atoms with Crippen molar-refractivity contribution >= 4 is 11.9 Å². The van der Waals surface area contributed by atoms with E-state index in [9.17, 15) is 9.59 Å². The lowest BCUT2D eigenvalue weighted by molar-refractivity contribution is -0.161. The number of aryl methyl sites for hydroxylation is 1. The number of hydrogen-bond donors (Lipinski definition) is 0. The van der Waals surface area contributed by atoms with Gasteiger partial charge in [-0.25, -0.2) is 0 Å². The van der Waals surface area contributed by atoms with Crippen LogP contribution in [0, 0.1) is 18.8 Å². The summed E-state index contributed by atoms with van der Waals surface area (Å²) in [6.45, 7) is 4.62. The van der Waals surface area contributed by atoms with Crippen LogP contribution in [-0.4, -0.2) is 36.9 Å². The summed E-state index contributed by atoms with van der Waals surface area (Å²) >= 11 is 0. The molecule has 0 spiro atoms. The molecular formula is C19H20O5. The van der Waals surface area contributed by atoms with E-state index in [4.69, 9.17) is 14.2 Å². The van der Waals surface area contributed by atoms with E-state index in [1.165, 1.54) is 13.8 Å². The van der Waals surface area contributed by atoms with Crippen LogP contribution in [0.4, 0.5) is 0 Å². The van der Waals surface area contributed by atoms with Gasteiger partial charge in [-0.2, -0.15) is 0 Å². The second-order valence-electron chi connectivity index (χ2n) is 5.44. The molecule has 0 saturated heterocycles. The lowest BCUT2D eigenvalue weighted by atomic mass is 10.1. The predicted molar refractivity (Wildman–Crippen MR) is 88.0 cm³/mol. The van der Waals surface area contributed by atoms with Gasteiger partial charge < -0.3 is 14.2 Å². The molecule has 0 fully saturated rings. The molecule has 126 valence electrons. The third-order valence-corrected chi connectivity index (χ3v) is 3.41. The first kappa shape index (κ1) is 17.8. The van der Waals surface area contributed by atoms with Crippen molar-refractivity contribution in [3.8, 4) is 11.8 Å². The quantitative estimate of drug-likeness (QED) is 0.483. The molecule has 24 heavy (non-hydrogen) atoms. The van der Waals surface area contributed by atoms with E-state index in [1.807, 2.05) is 31.2 Å². The van der Waals surface area contributed by atoms with Crippen LogP contribution in [0.2, 0.25) is 0 Å². The van der Waals surface area contributed by atoms with E-state index in [0.717, 1.165) is 11.1 Å². The zero-order valence-electron chi connectivity index (χ0n) is 13.9. The van der Waals surface area contributed by atoms with Crippen molar-refractivity contribution < 1.29 is 23.8 Å². The molecule has 2 rings (SSSR count). The molecule has 0 amide bonds. The number of ether oxygens (including phenoxy) is 3. The third-order valence-electron chi connectivity index (χ3n) is 3.41. The summed E-state index contributed by atoms with van der Waals surface area (Å²) in [4.78, 5) is 22.2. The molecule has 0 saturated carbocycles. The fourth-order valence-electron chi connectivity index (χ4n) is 2.23. The number of carbonyl (C=O) groups is 2. The lowest BCUT2D eigenvalue weighted by Crippen LogP contribution is -2.41. The summed E-state index contributed by atoms with van der Waals surface area (Å²) in [5.41, 5.74) is 2.01. The van der Waals surface area contributed by atoms with Crippen molar-refractivity contribution in [2.45, 2.75) is 39.1 Å². The van der Waals surface area contributed by atoms with Gasteiger partial charge in [0.05, 0.1) is 0 Å². The molecule has 1 aliphatic heterocycles. The highest BCUT2D eigenvalue weighted by Gasteiger charge is 2.29. The molecule has 0 aliphatic carbocycles. The molecular weight excluding hydrogens is 308 g/mol. The molecule has 5 heteroatoms. The van der Waals surface area contributed by atoms with Gasteiger partial charge in [-0.3, -0.25) is 9.59 Å². The average molecular weight is 328 g/mol. The van der Waals surface area contributed by atoms with Gasteiger partial charge in [0.2, 0.25) is 0 Å². The van der Waals surface area contributed by atoms with Gasteiger partial charge in [-0.1, -0.05) is 30.0 Å². The Kier molecular flexibility index (Phi) is 6.16. The second-order valence-corrected chi connectivity index (χ2v) is 5.44. The third kappa shape index (κ3) is 5.25. The first-order valence-electron chi connectivity index (χ1n) is 7.67. The summed E-state index contributed by atoms with van der Waals surface area (Å²) in [5.74, 6) is 5.27. The van der Waals surface area contributed by atoms with Crippen molar-refractivity contribution in [3.63, 3.8) is 0 Å². The smallest absolute Gasteiger partial charge is 0.303 e. The van der Waals surface area contributed by atoms with Crippen molar-refractivity contribution in [1.82, 2.24) is 0 Å². The first-order valence-corrected chi connectivity index (χ1v) is 7.67. The van der Waals surface area contributed by atoms with Gasteiger partial charge in [0.1, 0.15) is 24.9 Å². The minimum Gasteiger partial charge on any atom is -0.463 e. The van der Waals surface area contributed by atoms with Gasteiger partial charge in [0, 0.05) is 19.4 Å². The Bertz CT molecular complexity index is 695. The summed E-state index contributed by atoms with van der Waals surface area (Å²) < 4.78 is 16.0. The number of rotatable bonds is 3. The molecule has 0 aromatic heterocycles. The van der Waals surface area contributed by atoms with Crippen LogP contribution in [0.3, 0.4) is 0 Å². The van der Waals surface area contributed by atoms with Crippen molar-refractivity contribution in [1.29, 1.82) is 0 Å². The highest BCUT2D eigenvalue weighted by molar-refractivity contribution is 5.67. The number of hydrogen-bond acceptors (Lipinski definition) is 5. The van der Waals surface area contributed by atoms with E-state index >= 15 is 0 Å². The SMILES string of the molecule is CC(=O)OC[C@H]1O[C@H](C#Cc2ccccc2C)C=C[C@@H]1OC(C)=O. The average Bonchev–Trinajstić information content (AvgIpc) is 2.53. The summed E-state index contributed by atoms with van der Waals surface area (Å²) in [5, 5.41) is 0. The molecule has 0 bridgehead atoms. The fourth-order valence-corrected chi connectivity index (χ4v) is 2.23. The standard InChI is InChI=1S/C19H20O5/c1-13-6-4-5-7-16(13)8-9-17-10-11-18(23-15(3)21)19(24-17)12-22-14(2)20/h4-7,10-11,17-19H,12H2,1-3H3/t17-,18+,19-/m1/s1. The Hall–Kier alpha value is -2.58. The molecule has 1 aromatic rings. The number of benzene rings is 1. The monoisotopic (exact) mass is 328 g/mol. The second kappa shape index (κ2) is 8.32. The first-order chi connectivity index (χ1) is 11.5. The van der Waals surface area contributed by atoms with Gasteiger partial charge in [0.15, 0.2) is 0 Å². The predicted octanol–water partition coefficient (Wildman–Crippen LogP) is 2.16. The van der Waals surface area contributed by atoms with Crippen molar-refractivity contribution in [3.05, 3.63) is 47.5 Å². The summed E-state index contributed by atoms with van der Waals surface area (Å²) in [7, 11) is 0. The zero-order chi connectivity index (χ0) is 17.5.